The summed E-state index contributed by atoms with van der Waals surface area (Å²) < 4.78 is 25.2. The summed E-state index contributed by atoms with van der Waals surface area (Å²) in [6, 6.07) is 9.82. The monoisotopic (exact) mass is 351 g/mol. The molecule has 2 aromatic rings. The van der Waals surface area contributed by atoms with Crippen molar-refractivity contribution < 1.29 is 13.6 Å². The van der Waals surface area contributed by atoms with Crippen molar-refractivity contribution in [2.45, 2.75) is 5.38 Å². The van der Waals surface area contributed by atoms with E-state index in [4.69, 9.17) is 11.6 Å². The number of aromatic nitrogens is 1. The topological polar surface area (TPSA) is 36.4 Å². The van der Waals surface area contributed by atoms with E-state index in [2.05, 4.69) is 9.88 Å². The molecule has 0 atom stereocenters. The number of anilines is 1. The molecule has 1 amide bonds. The van der Waals surface area contributed by atoms with E-state index < -0.39 is 11.3 Å². The van der Waals surface area contributed by atoms with Crippen LogP contribution < -0.4 is 4.90 Å². The predicted octanol–water partition coefficient (Wildman–Crippen LogP) is 3.27. The van der Waals surface area contributed by atoms with E-state index >= 15 is 0 Å². The number of piperazine rings is 1. The molecule has 1 aromatic carbocycles. The highest BCUT2D eigenvalue weighted by atomic mass is 35.5. The van der Waals surface area contributed by atoms with Crippen LogP contribution in [0.1, 0.15) is 0 Å². The maximum atomic E-state index is 12.6. The van der Waals surface area contributed by atoms with Gasteiger partial charge in [-0.15, -0.1) is 0 Å². The number of benzene rings is 1. The average molecular weight is 352 g/mol. The van der Waals surface area contributed by atoms with Gasteiger partial charge in [0, 0.05) is 55.6 Å². The maximum absolute atomic E-state index is 12.6. The molecule has 7 heteroatoms. The van der Waals surface area contributed by atoms with Gasteiger partial charge in [-0.05, 0) is 23.7 Å². The molecule has 0 aliphatic carbocycles. The van der Waals surface area contributed by atoms with Gasteiger partial charge in [0.25, 0.3) is 0 Å². The first kappa shape index (κ1) is 16.6. The minimum atomic E-state index is -3.49. The molecule has 1 saturated heterocycles. The third-order valence-corrected chi connectivity index (χ3v) is 4.10. The molecule has 0 spiro atoms. The quantitative estimate of drug-likeness (QED) is 0.629. The Morgan fingerprint density at radius 2 is 1.88 bits per heavy atom. The van der Waals surface area contributed by atoms with Crippen LogP contribution in [0.3, 0.4) is 0 Å². The summed E-state index contributed by atoms with van der Waals surface area (Å²) in [5.41, 5.74) is 1.98. The van der Waals surface area contributed by atoms with Gasteiger partial charge in [-0.1, -0.05) is 18.2 Å². The summed E-state index contributed by atoms with van der Waals surface area (Å²) in [5.74, 6) is -0.449. The fourth-order valence-electron chi connectivity index (χ4n) is 2.80. The van der Waals surface area contributed by atoms with Crippen molar-refractivity contribution in [3.05, 3.63) is 48.7 Å². The molecule has 0 unspecified atom stereocenters. The van der Waals surface area contributed by atoms with Crippen LogP contribution in [-0.4, -0.2) is 47.4 Å². The standard InChI is InChI=1S/C17H16ClF2N3O/c18-17(19,20)7-5-16(24)23-11-9-22(10-12-23)15-6-8-21-14-4-2-1-3-13(14)15/h1-8H,9-12H2/b7-5+. The maximum Gasteiger partial charge on any atom is 0.341 e. The zero-order valence-corrected chi connectivity index (χ0v) is 13.6. The summed E-state index contributed by atoms with van der Waals surface area (Å²) in [6.45, 7) is 2.19. The number of allylic oxidation sites excluding steroid dienone is 1. The average Bonchev–Trinajstić information content (AvgIpc) is 2.59. The fourth-order valence-corrected chi connectivity index (χ4v) is 2.86. The number of hydrogen-bond donors (Lipinski definition) is 0. The highest BCUT2D eigenvalue weighted by Gasteiger charge is 2.24. The van der Waals surface area contributed by atoms with Crippen LogP contribution in [0.5, 0.6) is 0 Å². The molecule has 1 aromatic heterocycles. The van der Waals surface area contributed by atoms with Crippen molar-refractivity contribution in [2.24, 2.45) is 0 Å². The van der Waals surface area contributed by atoms with Crippen molar-refractivity contribution in [1.82, 2.24) is 9.88 Å². The molecular formula is C17H16ClF2N3O. The summed E-state index contributed by atoms with van der Waals surface area (Å²) in [7, 11) is 0. The van der Waals surface area contributed by atoms with E-state index in [1.807, 2.05) is 30.3 Å². The fraction of sp³-hybridized carbons (Fsp3) is 0.294. The number of para-hydroxylation sites is 1. The van der Waals surface area contributed by atoms with Crippen molar-refractivity contribution in [1.29, 1.82) is 0 Å². The van der Waals surface area contributed by atoms with E-state index in [9.17, 15) is 13.6 Å². The first-order valence-corrected chi connectivity index (χ1v) is 7.95. The highest BCUT2D eigenvalue weighted by molar-refractivity contribution is 6.23. The Labute approximate surface area is 143 Å². The van der Waals surface area contributed by atoms with E-state index in [0.29, 0.717) is 32.3 Å². The number of rotatable bonds is 3. The van der Waals surface area contributed by atoms with Crippen LogP contribution in [-0.2, 0) is 4.79 Å². The lowest BCUT2D eigenvalue weighted by atomic mass is 10.1. The SMILES string of the molecule is O=C(/C=C/C(F)(F)Cl)N1CCN(c2ccnc3ccccc23)CC1. The number of fused-ring (bicyclic) bond motifs is 1. The van der Waals surface area contributed by atoms with Crippen molar-refractivity contribution in [2.75, 3.05) is 31.1 Å². The molecule has 0 saturated carbocycles. The largest absolute Gasteiger partial charge is 0.367 e. The second kappa shape index (κ2) is 6.73. The van der Waals surface area contributed by atoms with Gasteiger partial charge in [0.1, 0.15) is 0 Å². The van der Waals surface area contributed by atoms with Gasteiger partial charge in [0.15, 0.2) is 0 Å². The molecule has 4 nitrogen and oxygen atoms in total. The van der Waals surface area contributed by atoms with E-state index in [-0.39, 0.29) is 0 Å². The molecule has 0 radical (unpaired) electrons. The van der Waals surface area contributed by atoms with E-state index in [0.717, 1.165) is 22.7 Å². The Kier molecular flexibility index (Phi) is 4.66. The molecule has 0 bridgehead atoms. The second-order valence-corrected chi connectivity index (χ2v) is 6.04. The van der Waals surface area contributed by atoms with Crippen LogP contribution in [0.15, 0.2) is 48.7 Å². The molecule has 0 N–H and O–H groups in total. The Morgan fingerprint density at radius 1 is 1.17 bits per heavy atom. The molecular weight excluding hydrogens is 336 g/mol. The summed E-state index contributed by atoms with van der Waals surface area (Å²) in [4.78, 5) is 20.0. The van der Waals surface area contributed by atoms with Crippen LogP contribution in [0.2, 0.25) is 0 Å². The predicted molar refractivity (Wildman–Crippen MR) is 90.5 cm³/mol. The third kappa shape index (κ3) is 3.82. The Bertz CT molecular complexity index is 763. The molecule has 3 rings (SSSR count). The Hall–Kier alpha value is -2.21. The normalized spacial score (nSPS) is 16.1. The Morgan fingerprint density at radius 3 is 2.58 bits per heavy atom. The number of carbonyl (C=O) groups excluding carboxylic acids is 1. The number of nitrogens with zero attached hydrogens (tertiary/aromatic N) is 3. The number of carbonyl (C=O) groups is 1. The minimum absolute atomic E-state index is 0.416. The Balaban J connectivity index is 1.69. The second-order valence-electron chi connectivity index (χ2n) is 5.53. The number of halogens is 3. The van der Waals surface area contributed by atoms with Crippen LogP contribution in [0, 0.1) is 0 Å². The lowest BCUT2D eigenvalue weighted by molar-refractivity contribution is -0.126. The summed E-state index contributed by atoms with van der Waals surface area (Å²) in [5, 5.41) is -2.44. The van der Waals surface area contributed by atoms with Gasteiger partial charge in [-0.2, -0.15) is 8.78 Å². The zero-order chi connectivity index (χ0) is 17.2. The van der Waals surface area contributed by atoms with Crippen molar-refractivity contribution >= 4 is 34.1 Å². The lowest BCUT2D eigenvalue weighted by Gasteiger charge is -2.36. The van der Waals surface area contributed by atoms with Crippen LogP contribution >= 0.6 is 11.6 Å². The minimum Gasteiger partial charge on any atom is -0.367 e. The van der Waals surface area contributed by atoms with Crippen LogP contribution in [0.4, 0.5) is 14.5 Å². The van der Waals surface area contributed by atoms with Crippen LogP contribution in [0.25, 0.3) is 10.9 Å². The van der Waals surface area contributed by atoms with Gasteiger partial charge >= 0.3 is 5.38 Å². The number of alkyl halides is 3. The molecule has 2 heterocycles. The summed E-state index contributed by atoms with van der Waals surface area (Å²) >= 11 is 4.77. The van der Waals surface area contributed by atoms with Gasteiger partial charge in [0.05, 0.1) is 5.52 Å². The van der Waals surface area contributed by atoms with Gasteiger partial charge < -0.3 is 9.80 Å². The third-order valence-electron chi connectivity index (χ3n) is 3.97. The van der Waals surface area contributed by atoms with E-state index in [1.54, 1.807) is 11.1 Å². The van der Waals surface area contributed by atoms with Gasteiger partial charge in [-0.25, -0.2) is 0 Å². The number of amides is 1. The highest BCUT2D eigenvalue weighted by Crippen LogP contribution is 2.26. The van der Waals surface area contributed by atoms with Crippen molar-refractivity contribution in [3.8, 4) is 0 Å². The zero-order valence-electron chi connectivity index (χ0n) is 12.8. The van der Waals surface area contributed by atoms with Crippen molar-refractivity contribution in [3.63, 3.8) is 0 Å². The number of pyridine rings is 1. The van der Waals surface area contributed by atoms with E-state index in [1.165, 1.54) is 0 Å². The molecule has 24 heavy (non-hydrogen) atoms. The first-order valence-electron chi connectivity index (χ1n) is 7.58. The molecule has 1 fully saturated rings. The molecule has 1 aliphatic heterocycles. The number of hydrogen-bond acceptors (Lipinski definition) is 3. The van der Waals surface area contributed by atoms with Gasteiger partial charge in [-0.3, -0.25) is 9.78 Å². The van der Waals surface area contributed by atoms with Gasteiger partial charge in [0.2, 0.25) is 5.91 Å². The molecule has 1 aliphatic rings. The summed E-state index contributed by atoms with van der Waals surface area (Å²) in [6.07, 6.45) is 3.02. The lowest BCUT2D eigenvalue weighted by Crippen LogP contribution is -2.48. The smallest absolute Gasteiger partial charge is 0.341 e. The molecule has 126 valence electrons. The first-order chi connectivity index (χ1) is 11.4.